The Balaban J connectivity index is 1.68. The van der Waals surface area contributed by atoms with E-state index in [0.717, 1.165) is 27.8 Å². The maximum Gasteiger partial charge on any atom is 0.220 e. The number of rotatable bonds is 6. The lowest BCUT2D eigenvalue weighted by atomic mass is 10.1. The van der Waals surface area contributed by atoms with Gasteiger partial charge >= 0.3 is 0 Å². The lowest BCUT2D eigenvalue weighted by Gasteiger charge is -2.15. The Kier molecular flexibility index (Phi) is 5.23. The molecule has 0 aliphatic heterocycles. The van der Waals surface area contributed by atoms with Crippen molar-refractivity contribution >= 4 is 22.6 Å². The molecule has 128 valence electrons. The highest BCUT2D eigenvalue weighted by atomic mass is 16.1. The standard InChI is InChI=1S/C20H22N4O/c1-24(2)19-12-16(17-7-3-4-8-18(17)23-19)14-22-20(25)10-9-15-6-5-11-21-13-15/h3-8,11-13H,9-10,14H2,1-2H3,(H,22,25). The van der Waals surface area contributed by atoms with Gasteiger partial charge in [-0.25, -0.2) is 4.98 Å². The third-order valence-corrected chi connectivity index (χ3v) is 4.09. The average molecular weight is 334 g/mol. The molecule has 5 heteroatoms. The molecular formula is C20H22N4O. The number of aromatic nitrogens is 2. The molecule has 0 saturated carbocycles. The van der Waals surface area contributed by atoms with Gasteiger partial charge in [-0.1, -0.05) is 24.3 Å². The summed E-state index contributed by atoms with van der Waals surface area (Å²) < 4.78 is 0. The van der Waals surface area contributed by atoms with Gasteiger partial charge in [-0.3, -0.25) is 9.78 Å². The summed E-state index contributed by atoms with van der Waals surface area (Å²) in [7, 11) is 3.93. The van der Waals surface area contributed by atoms with Crippen LogP contribution in [0, 0.1) is 0 Å². The van der Waals surface area contributed by atoms with E-state index in [-0.39, 0.29) is 5.91 Å². The summed E-state index contributed by atoms with van der Waals surface area (Å²) in [5.41, 5.74) is 3.08. The Bertz CT molecular complexity index is 862. The molecule has 0 fully saturated rings. The molecule has 25 heavy (non-hydrogen) atoms. The van der Waals surface area contributed by atoms with Crippen LogP contribution in [0.15, 0.2) is 54.9 Å². The van der Waals surface area contributed by atoms with Crippen LogP contribution in [-0.2, 0) is 17.8 Å². The zero-order chi connectivity index (χ0) is 17.6. The Morgan fingerprint density at radius 2 is 2.00 bits per heavy atom. The Labute approximate surface area is 147 Å². The van der Waals surface area contributed by atoms with Gasteiger partial charge in [0.2, 0.25) is 5.91 Å². The molecule has 0 aliphatic rings. The largest absolute Gasteiger partial charge is 0.363 e. The molecule has 0 radical (unpaired) electrons. The summed E-state index contributed by atoms with van der Waals surface area (Å²) in [5, 5.41) is 4.09. The average Bonchev–Trinajstić information content (AvgIpc) is 2.65. The molecule has 0 unspecified atom stereocenters. The number of nitrogens with zero attached hydrogens (tertiary/aromatic N) is 3. The van der Waals surface area contributed by atoms with Crippen molar-refractivity contribution in [3.63, 3.8) is 0 Å². The van der Waals surface area contributed by atoms with Crippen molar-refractivity contribution in [3.05, 3.63) is 66.0 Å². The van der Waals surface area contributed by atoms with Gasteiger partial charge in [0.05, 0.1) is 5.52 Å². The predicted octanol–water partition coefficient (Wildman–Crippen LogP) is 2.94. The van der Waals surface area contributed by atoms with Crippen LogP contribution in [0.5, 0.6) is 0 Å². The molecule has 0 aliphatic carbocycles. The zero-order valence-electron chi connectivity index (χ0n) is 14.6. The molecule has 5 nitrogen and oxygen atoms in total. The first kappa shape index (κ1) is 16.9. The molecule has 1 aromatic carbocycles. The Morgan fingerprint density at radius 3 is 2.76 bits per heavy atom. The minimum Gasteiger partial charge on any atom is -0.363 e. The van der Waals surface area contributed by atoms with Gasteiger partial charge in [-0.15, -0.1) is 0 Å². The number of amides is 1. The van der Waals surface area contributed by atoms with Crippen LogP contribution in [0.1, 0.15) is 17.5 Å². The van der Waals surface area contributed by atoms with Crippen LogP contribution in [0.25, 0.3) is 10.9 Å². The van der Waals surface area contributed by atoms with E-state index in [2.05, 4.69) is 15.3 Å². The number of carbonyl (C=O) groups excluding carboxylic acids is 1. The molecule has 3 aromatic rings. The molecular weight excluding hydrogens is 312 g/mol. The molecule has 0 spiro atoms. The van der Waals surface area contributed by atoms with E-state index in [4.69, 9.17) is 0 Å². The highest BCUT2D eigenvalue weighted by Gasteiger charge is 2.09. The summed E-state index contributed by atoms with van der Waals surface area (Å²) in [6, 6.07) is 13.9. The van der Waals surface area contributed by atoms with Crippen LogP contribution < -0.4 is 10.2 Å². The number of aryl methyl sites for hydroxylation is 1. The second-order valence-corrected chi connectivity index (χ2v) is 6.19. The van der Waals surface area contributed by atoms with Gasteiger partial charge in [0, 0.05) is 44.8 Å². The van der Waals surface area contributed by atoms with Crippen molar-refractivity contribution in [2.75, 3.05) is 19.0 Å². The molecule has 0 bridgehead atoms. The minimum atomic E-state index is 0.0381. The van der Waals surface area contributed by atoms with E-state index in [0.29, 0.717) is 19.4 Å². The van der Waals surface area contributed by atoms with Gasteiger partial charge in [0.25, 0.3) is 0 Å². The van der Waals surface area contributed by atoms with Gasteiger partial charge in [-0.05, 0) is 35.7 Å². The molecule has 2 aromatic heterocycles. The maximum absolute atomic E-state index is 12.2. The number of anilines is 1. The first-order valence-electron chi connectivity index (χ1n) is 8.35. The first-order valence-corrected chi connectivity index (χ1v) is 8.35. The minimum absolute atomic E-state index is 0.0381. The van der Waals surface area contributed by atoms with Crippen molar-refractivity contribution in [2.45, 2.75) is 19.4 Å². The number of carbonyl (C=O) groups is 1. The fourth-order valence-electron chi connectivity index (χ4n) is 2.69. The molecule has 1 N–H and O–H groups in total. The van der Waals surface area contributed by atoms with Crippen molar-refractivity contribution in [2.24, 2.45) is 0 Å². The number of hydrogen-bond donors (Lipinski definition) is 1. The van der Waals surface area contributed by atoms with Crippen molar-refractivity contribution in [1.82, 2.24) is 15.3 Å². The lowest BCUT2D eigenvalue weighted by Crippen LogP contribution is -2.23. The highest BCUT2D eigenvalue weighted by Crippen LogP contribution is 2.22. The van der Waals surface area contributed by atoms with Crippen molar-refractivity contribution < 1.29 is 4.79 Å². The van der Waals surface area contributed by atoms with E-state index in [1.54, 1.807) is 12.4 Å². The predicted molar refractivity (Wildman–Crippen MR) is 100 cm³/mol. The van der Waals surface area contributed by atoms with Gasteiger partial charge < -0.3 is 10.2 Å². The van der Waals surface area contributed by atoms with Crippen LogP contribution in [0.2, 0.25) is 0 Å². The number of pyridine rings is 2. The smallest absolute Gasteiger partial charge is 0.220 e. The fourth-order valence-corrected chi connectivity index (χ4v) is 2.69. The number of hydrogen-bond acceptors (Lipinski definition) is 4. The van der Waals surface area contributed by atoms with Gasteiger partial charge in [-0.2, -0.15) is 0 Å². The third-order valence-electron chi connectivity index (χ3n) is 4.09. The normalized spacial score (nSPS) is 10.6. The fraction of sp³-hybridized carbons (Fsp3) is 0.250. The Morgan fingerprint density at radius 1 is 1.16 bits per heavy atom. The van der Waals surface area contributed by atoms with E-state index in [1.165, 1.54) is 0 Å². The summed E-state index contributed by atoms with van der Waals surface area (Å²) in [6.07, 6.45) is 4.68. The van der Waals surface area contributed by atoms with Crippen LogP contribution in [-0.4, -0.2) is 30.0 Å². The van der Waals surface area contributed by atoms with Crippen LogP contribution in [0.3, 0.4) is 0 Å². The number of fused-ring (bicyclic) bond motifs is 1. The lowest BCUT2D eigenvalue weighted by molar-refractivity contribution is -0.121. The van der Waals surface area contributed by atoms with Gasteiger partial charge in [0.1, 0.15) is 5.82 Å². The zero-order valence-corrected chi connectivity index (χ0v) is 14.6. The molecule has 1 amide bonds. The van der Waals surface area contributed by atoms with Crippen molar-refractivity contribution in [3.8, 4) is 0 Å². The number of nitrogens with one attached hydrogen (secondary N) is 1. The summed E-state index contributed by atoms with van der Waals surface area (Å²) in [5.74, 6) is 0.925. The number of benzene rings is 1. The molecule has 0 atom stereocenters. The van der Waals surface area contributed by atoms with Crippen molar-refractivity contribution in [1.29, 1.82) is 0 Å². The second kappa shape index (κ2) is 7.75. The van der Waals surface area contributed by atoms with Gasteiger partial charge in [0.15, 0.2) is 0 Å². The topological polar surface area (TPSA) is 58.1 Å². The van der Waals surface area contributed by atoms with E-state index < -0.39 is 0 Å². The van der Waals surface area contributed by atoms with E-state index in [1.807, 2.05) is 61.5 Å². The number of para-hydroxylation sites is 1. The second-order valence-electron chi connectivity index (χ2n) is 6.19. The summed E-state index contributed by atoms with van der Waals surface area (Å²) in [4.78, 5) is 22.9. The Hall–Kier alpha value is -2.95. The monoisotopic (exact) mass is 334 g/mol. The highest BCUT2D eigenvalue weighted by molar-refractivity contribution is 5.85. The first-order chi connectivity index (χ1) is 12.1. The summed E-state index contributed by atoms with van der Waals surface area (Å²) in [6.45, 7) is 0.496. The van der Waals surface area contributed by atoms with Crippen LogP contribution in [0.4, 0.5) is 5.82 Å². The van der Waals surface area contributed by atoms with E-state index in [9.17, 15) is 4.79 Å². The van der Waals surface area contributed by atoms with E-state index >= 15 is 0 Å². The quantitative estimate of drug-likeness (QED) is 0.753. The van der Waals surface area contributed by atoms with Crippen LogP contribution >= 0.6 is 0 Å². The SMILES string of the molecule is CN(C)c1cc(CNC(=O)CCc2cccnc2)c2ccccc2n1. The maximum atomic E-state index is 12.2. The molecule has 2 heterocycles. The molecule has 0 saturated heterocycles. The molecule has 3 rings (SSSR count). The third kappa shape index (κ3) is 4.32. The summed E-state index contributed by atoms with van der Waals surface area (Å²) >= 11 is 0.